The fraction of sp³-hybridized carbons (Fsp3) is 0.538. The zero-order valence-electron chi connectivity index (χ0n) is 12.0. The van der Waals surface area contributed by atoms with Crippen LogP contribution in [0.2, 0.25) is 0 Å². The van der Waals surface area contributed by atoms with Gasteiger partial charge in [-0.2, -0.15) is 0 Å². The molecule has 1 amide bonds. The Labute approximate surface area is 134 Å². The smallest absolute Gasteiger partial charge is 0.350 e. The molecule has 0 spiro atoms. The Hall–Kier alpha value is -1.15. The van der Waals surface area contributed by atoms with E-state index < -0.39 is 5.97 Å². The average Bonchev–Trinajstić information content (AvgIpc) is 2.88. The van der Waals surface area contributed by atoms with Crippen LogP contribution in [0.1, 0.15) is 16.6 Å². The normalized spacial score (nSPS) is 18.7. The number of nitrogens with one attached hydrogen (secondary N) is 2. The molecule has 0 saturated carbocycles. The summed E-state index contributed by atoms with van der Waals surface area (Å²) < 4.78 is 4.69. The quantitative estimate of drug-likeness (QED) is 0.810. The van der Waals surface area contributed by atoms with Gasteiger partial charge in [0.05, 0.1) is 19.3 Å². The molecule has 8 heteroatoms. The van der Waals surface area contributed by atoms with E-state index in [4.69, 9.17) is 0 Å². The van der Waals surface area contributed by atoms with Crippen molar-refractivity contribution in [1.29, 1.82) is 0 Å². The molecular weight excluding hydrogens is 314 g/mol. The van der Waals surface area contributed by atoms with Crippen LogP contribution in [0, 0.1) is 0 Å². The van der Waals surface area contributed by atoms with Crippen LogP contribution in [0.3, 0.4) is 0 Å². The number of thiophene rings is 1. The Balaban J connectivity index is 0.00000220. The number of rotatable bonds is 4. The first kappa shape index (κ1) is 17.9. The number of amides is 1. The minimum absolute atomic E-state index is 0. The predicted molar refractivity (Wildman–Crippen MR) is 85.4 cm³/mol. The predicted octanol–water partition coefficient (Wildman–Crippen LogP) is 1.19. The maximum absolute atomic E-state index is 12.1. The molecule has 118 valence electrons. The lowest BCUT2D eigenvalue weighted by Gasteiger charge is -2.33. The van der Waals surface area contributed by atoms with Gasteiger partial charge < -0.3 is 15.4 Å². The number of esters is 1. The van der Waals surface area contributed by atoms with Gasteiger partial charge in [0.1, 0.15) is 4.88 Å². The van der Waals surface area contributed by atoms with Crippen molar-refractivity contribution in [1.82, 2.24) is 10.2 Å². The molecule has 1 atom stereocenters. The molecule has 0 bridgehead atoms. The number of piperazine rings is 1. The number of nitrogens with zero attached hydrogens (tertiary/aromatic N) is 1. The Kier molecular flexibility index (Phi) is 7.10. The molecule has 21 heavy (non-hydrogen) atoms. The highest BCUT2D eigenvalue weighted by molar-refractivity contribution is 7.12. The highest BCUT2D eigenvalue weighted by Crippen LogP contribution is 2.23. The fourth-order valence-electron chi connectivity index (χ4n) is 2.15. The third kappa shape index (κ3) is 4.67. The van der Waals surface area contributed by atoms with Crippen molar-refractivity contribution in [3.63, 3.8) is 0 Å². The molecule has 1 aliphatic heterocycles. The molecule has 1 fully saturated rings. The summed E-state index contributed by atoms with van der Waals surface area (Å²) >= 11 is 1.26. The van der Waals surface area contributed by atoms with Crippen molar-refractivity contribution in [2.24, 2.45) is 0 Å². The number of hydrogen-bond acceptors (Lipinski definition) is 6. The van der Waals surface area contributed by atoms with E-state index in [0.29, 0.717) is 23.2 Å². The van der Waals surface area contributed by atoms with Gasteiger partial charge in [-0.05, 0) is 18.4 Å². The summed E-state index contributed by atoms with van der Waals surface area (Å²) in [5.74, 6) is -0.534. The van der Waals surface area contributed by atoms with Gasteiger partial charge in [0.2, 0.25) is 5.91 Å². The maximum atomic E-state index is 12.1. The van der Waals surface area contributed by atoms with Crippen LogP contribution in [0.25, 0.3) is 0 Å². The molecule has 2 N–H and O–H groups in total. The van der Waals surface area contributed by atoms with Crippen molar-refractivity contribution in [3.8, 4) is 0 Å². The number of carbonyl (C=O) groups excluding carboxylic acids is 2. The third-order valence-corrected chi connectivity index (χ3v) is 4.19. The summed E-state index contributed by atoms with van der Waals surface area (Å²) in [4.78, 5) is 26.2. The van der Waals surface area contributed by atoms with Crippen LogP contribution >= 0.6 is 23.7 Å². The van der Waals surface area contributed by atoms with Crippen LogP contribution in [-0.4, -0.2) is 56.1 Å². The number of hydrogen-bond donors (Lipinski definition) is 2. The fourth-order valence-corrected chi connectivity index (χ4v) is 2.92. The molecule has 2 heterocycles. The van der Waals surface area contributed by atoms with E-state index in [2.05, 4.69) is 27.2 Å². The Morgan fingerprint density at radius 2 is 2.33 bits per heavy atom. The number of methoxy groups -OCH3 is 1. The van der Waals surface area contributed by atoms with Crippen molar-refractivity contribution < 1.29 is 14.3 Å². The van der Waals surface area contributed by atoms with Gasteiger partial charge in [0.15, 0.2) is 0 Å². The summed E-state index contributed by atoms with van der Waals surface area (Å²) in [5.41, 5.74) is 0.523. The zero-order chi connectivity index (χ0) is 14.5. The first-order valence-electron chi connectivity index (χ1n) is 6.52. The first-order chi connectivity index (χ1) is 9.61. The molecule has 1 aliphatic rings. The molecule has 6 nitrogen and oxygen atoms in total. The van der Waals surface area contributed by atoms with Crippen LogP contribution in [0.15, 0.2) is 11.4 Å². The van der Waals surface area contributed by atoms with Crippen molar-refractivity contribution in [2.45, 2.75) is 13.0 Å². The van der Waals surface area contributed by atoms with E-state index >= 15 is 0 Å². The van der Waals surface area contributed by atoms with Crippen molar-refractivity contribution in [3.05, 3.63) is 16.3 Å². The number of anilines is 1. The second kappa shape index (κ2) is 8.33. The summed E-state index contributed by atoms with van der Waals surface area (Å²) in [7, 11) is 1.33. The molecule has 1 aromatic rings. The molecule has 0 radical (unpaired) electrons. The van der Waals surface area contributed by atoms with Gasteiger partial charge in [0, 0.05) is 25.7 Å². The first-order valence-corrected chi connectivity index (χ1v) is 7.40. The van der Waals surface area contributed by atoms with Gasteiger partial charge in [-0.1, -0.05) is 0 Å². The highest BCUT2D eigenvalue weighted by Gasteiger charge is 2.21. The monoisotopic (exact) mass is 333 g/mol. The summed E-state index contributed by atoms with van der Waals surface area (Å²) in [6.07, 6.45) is 0. The van der Waals surface area contributed by atoms with Gasteiger partial charge in [0.25, 0.3) is 0 Å². The molecule has 1 saturated heterocycles. The van der Waals surface area contributed by atoms with Crippen LogP contribution in [0.5, 0.6) is 0 Å². The van der Waals surface area contributed by atoms with E-state index in [0.717, 1.165) is 19.6 Å². The molecule has 2 rings (SSSR count). The zero-order valence-corrected chi connectivity index (χ0v) is 13.7. The van der Waals surface area contributed by atoms with E-state index in [1.807, 2.05) is 0 Å². The molecule has 0 unspecified atom stereocenters. The molecule has 0 aromatic carbocycles. The van der Waals surface area contributed by atoms with Gasteiger partial charge in [-0.3, -0.25) is 9.69 Å². The lowest BCUT2D eigenvalue weighted by molar-refractivity contribution is -0.118. The van der Waals surface area contributed by atoms with E-state index in [1.165, 1.54) is 18.4 Å². The Morgan fingerprint density at radius 1 is 1.57 bits per heavy atom. The molecule has 0 aliphatic carbocycles. The van der Waals surface area contributed by atoms with E-state index in [1.54, 1.807) is 11.4 Å². The topological polar surface area (TPSA) is 70.7 Å². The van der Waals surface area contributed by atoms with Crippen LogP contribution in [-0.2, 0) is 9.53 Å². The second-order valence-electron chi connectivity index (χ2n) is 4.73. The average molecular weight is 334 g/mol. The van der Waals surface area contributed by atoms with Gasteiger partial charge in [-0.15, -0.1) is 23.7 Å². The van der Waals surface area contributed by atoms with Gasteiger partial charge >= 0.3 is 5.97 Å². The van der Waals surface area contributed by atoms with E-state index in [-0.39, 0.29) is 18.3 Å². The second-order valence-corrected chi connectivity index (χ2v) is 5.64. The Bertz CT molecular complexity index is 495. The number of halogens is 1. The van der Waals surface area contributed by atoms with Crippen LogP contribution in [0.4, 0.5) is 5.69 Å². The van der Waals surface area contributed by atoms with Crippen molar-refractivity contribution >= 4 is 41.3 Å². The standard InChI is InChI=1S/C13H19N3O3S.ClH/c1-9-7-14-4-5-16(9)8-11(17)15-10-3-6-20-12(10)13(18)19-2;/h3,6,9,14H,4-5,7-8H2,1-2H3,(H,15,17);1H/t9-;/m0./s1. The van der Waals surface area contributed by atoms with E-state index in [9.17, 15) is 9.59 Å². The number of ether oxygens (including phenoxy) is 1. The largest absolute Gasteiger partial charge is 0.465 e. The summed E-state index contributed by atoms with van der Waals surface area (Å²) in [6, 6.07) is 2.05. The number of carbonyl (C=O) groups is 2. The van der Waals surface area contributed by atoms with Gasteiger partial charge in [-0.25, -0.2) is 4.79 Å². The lowest BCUT2D eigenvalue weighted by Crippen LogP contribution is -2.52. The lowest BCUT2D eigenvalue weighted by atomic mass is 10.2. The maximum Gasteiger partial charge on any atom is 0.350 e. The SMILES string of the molecule is COC(=O)c1sccc1NC(=O)CN1CCNC[C@@H]1C.Cl. The molecular formula is C13H20ClN3O3S. The van der Waals surface area contributed by atoms with Crippen molar-refractivity contribution in [2.75, 3.05) is 38.6 Å². The summed E-state index contributed by atoms with van der Waals surface area (Å²) in [5, 5.41) is 7.82. The van der Waals surface area contributed by atoms with Crippen LogP contribution < -0.4 is 10.6 Å². The molecule has 1 aromatic heterocycles. The minimum atomic E-state index is -0.425. The minimum Gasteiger partial charge on any atom is -0.465 e. The summed E-state index contributed by atoms with van der Waals surface area (Å²) in [6.45, 7) is 5.05. The third-order valence-electron chi connectivity index (χ3n) is 3.30. The highest BCUT2D eigenvalue weighted by atomic mass is 35.5. The Morgan fingerprint density at radius 3 is 3.00 bits per heavy atom.